The Morgan fingerprint density at radius 3 is 2.78 bits per heavy atom. The molecule has 0 heterocycles. The van der Waals surface area contributed by atoms with E-state index in [4.69, 9.17) is 4.74 Å². The van der Waals surface area contributed by atoms with Gasteiger partial charge in [0.1, 0.15) is 0 Å². The van der Waals surface area contributed by atoms with Gasteiger partial charge in [-0.15, -0.1) is 0 Å². The van der Waals surface area contributed by atoms with Crippen LogP contribution in [0, 0.1) is 23.7 Å². The van der Waals surface area contributed by atoms with E-state index in [-0.39, 0.29) is 11.9 Å². The summed E-state index contributed by atoms with van der Waals surface area (Å²) >= 11 is 0. The lowest BCUT2D eigenvalue weighted by Gasteiger charge is -2.43. The number of esters is 1. The van der Waals surface area contributed by atoms with Crippen molar-refractivity contribution >= 4 is 5.97 Å². The fourth-order valence-electron chi connectivity index (χ4n) is 3.74. The van der Waals surface area contributed by atoms with E-state index >= 15 is 0 Å². The van der Waals surface area contributed by atoms with E-state index in [9.17, 15) is 4.79 Å². The van der Waals surface area contributed by atoms with Crippen molar-refractivity contribution in [2.45, 2.75) is 39.5 Å². The number of allylic oxidation sites excluding steroid dienone is 2. The number of hydrogen-bond donors (Lipinski definition) is 0. The Labute approximate surface area is 110 Å². The number of carbonyl (C=O) groups is 1. The molecule has 0 saturated heterocycles. The molecular weight excluding hydrogens is 224 g/mol. The molecule has 18 heavy (non-hydrogen) atoms. The lowest BCUT2D eigenvalue weighted by atomic mass is 9.61. The quantitative estimate of drug-likeness (QED) is 0.423. The van der Waals surface area contributed by atoms with Gasteiger partial charge in [-0.1, -0.05) is 25.2 Å². The lowest BCUT2D eigenvalue weighted by molar-refractivity contribution is -0.137. The molecule has 0 aliphatic heterocycles. The van der Waals surface area contributed by atoms with Gasteiger partial charge in [-0.2, -0.15) is 0 Å². The zero-order valence-corrected chi connectivity index (χ0v) is 11.7. The highest BCUT2D eigenvalue weighted by atomic mass is 16.5. The third-order valence-corrected chi connectivity index (χ3v) is 4.87. The molecule has 4 atom stereocenters. The molecule has 100 valence electrons. The molecule has 0 spiro atoms. The summed E-state index contributed by atoms with van der Waals surface area (Å²) < 4.78 is 4.84. The summed E-state index contributed by atoms with van der Waals surface area (Å²) in [5.74, 6) is 2.03. The highest BCUT2D eigenvalue weighted by Crippen LogP contribution is 2.47. The topological polar surface area (TPSA) is 26.3 Å². The van der Waals surface area contributed by atoms with Crippen LogP contribution in [0.15, 0.2) is 23.8 Å². The molecule has 1 saturated carbocycles. The molecule has 0 aromatic carbocycles. The molecule has 0 amide bonds. The SMILES string of the molecule is C=C(C(=O)OC)[C@@H]1CC[C@H](C)[C@H]2CCC(C)=C[C@H]21. The first-order chi connectivity index (χ1) is 8.54. The summed E-state index contributed by atoms with van der Waals surface area (Å²) in [4.78, 5) is 11.7. The van der Waals surface area contributed by atoms with E-state index in [1.807, 2.05) is 0 Å². The number of carbonyl (C=O) groups excluding carboxylic acids is 1. The van der Waals surface area contributed by atoms with E-state index in [1.165, 1.54) is 31.9 Å². The molecule has 2 rings (SSSR count). The average molecular weight is 248 g/mol. The summed E-state index contributed by atoms with van der Waals surface area (Å²) in [5, 5.41) is 0. The molecule has 0 unspecified atom stereocenters. The number of fused-ring (bicyclic) bond motifs is 1. The van der Waals surface area contributed by atoms with Crippen molar-refractivity contribution in [2.75, 3.05) is 7.11 Å². The molecule has 0 aromatic rings. The van der Waals surface area contributed by atoms with Crippen LogP contribution in [0.25, 0.3) is 0 Å². The van der Waals surface area contributed by atoms with Crippen LogP contribution in [0.4, 0.5) is 0 Å². The Morgan fingerprint density at radius 1 is 1.39 bits per heavy atom. The second kappa shape index (κ2) is 5.29. The van der Waals surface area contributed by atoms with Gasteiger partial charge in [0.05, 0.1) is 7.11 Å². The largest absolute Gasteiger partial charge is 0.466 e. The fourth-order valence-corrected chi connectivity index (χ4v) is 3.74. The van der Waals surface area contributed by atoms with E-state index in [0.717, 1.165) is 12.3 Å². The van der Waals surface area contributed by atoms with Crippen LogP contribution < -0.4 is 0 Å². The molecule has 1 fully saturated rings. The maximum Gasteiger partial charge on any atom is 0.333 e. The van der Waals surface area contributed by atoms with E-state index in [1.54, 1.807) is 0 Å². The predicted octanol–water partition coefficient (Wildman–Crippen LogP) is 3.73. The highest BCUT2D eigenvalue weighted by Gasteiger charge is 2.40. The Kier molecular flexibility index (Phi) is 3.94. The monoisotopic (exact) mass is 248 g/mol. The van der Waals surface area contributed by atoms with Crippen molar-refractivity contribution in [2.24, 2.45) is 23.7 Å². The summed E-state index contributed by atoms with van der Waals surface area (Å²) in [6.07, 6.45) is 7.14. The minimum absolute atomic E-state index is 0.232. The summed E-state index contributed by atoms with van der Waals surface area (Å²) in [6, 6.07) is 0. The number of rotatable bonds is 2. The van der Waals surface area contributed by atoms with E-state index in [2.05, 4.69) is 26.5 Å². The molecule has 2 nitrogen and oxygen atoms in total. The number of methoxy groups -OCH3 is 1. The van der Waals surface area contributed by atoms with Gasteiger partial charge in [-0.05, 0) is 56.3 Å². The summed E-state index contributed by atoms with van der Waals surface area (Å²) in [5.41, 5.74) is 2.14. The van der Waals surface area contributed by atoms with Crippen molar-refractivity contribution in [1.29, 1.82) is 0 Å². The number of hydrogen-bond acceptors (Lipinski definition) is 2. The second-order valence-corrected chi connectivity index (χ2v) is 5.97. The predicted molar refractivity (Wildman–Crippen MR) is 73.0 cm³/mol. The third kappa shape index (κ3) is 2.38. The fraction of sp³-hybridized carbons (Fsp3) is 0.688. The lowest BCUT2D eigenvalue weighted by Crippen LogP contribution is -2.36. The average Bonchev–Trinajstić information content (AvgIpc) is 2.37. The zero-order valence-electron chi connectivity index (χ0n) is 11.7. The zero-order chi connectivity index (χ0) is 13.3. The molecule has 2 aliphatic carbocycles. The van der Waals surface area contributed by atoms with Crippen LogP contribution in [0.3, 0.4) is 0 Å². The van der Waals surface area contributed by atoms with Crippen LogP contribution in [-0.2, 0) is 9.53 Å². The highest BCUT2D eigenvalue weighted by molar-refractivity contribution is 5.88. The van der Waals surface area contributed by atoms with Crippen molar-refractivity contribution < 1.29 is 9.53 Å². The Balaban J connectivity index is 2.23. The van der Waals surface area contributed by atoms with Crippen molar-refractivity contribution in [1.82, 2.24) is 0 Å². The smallest absolute Gasteiger partial charge is 0.333 e. The molecule has 0 aromatic heterocycles. The first kappa shape index (κ1) is 13.4. The summed E-state index contributed by atoms with van der Waals surface area (Å²) in [7, 11) is 1.44. The van der Waals surface area contributed by atoms with Gasteiger partial charge in [-0.25, -0.2) is 4.79 Å². The maximum atomic E-state index is 11.7. The Hall–Kier alpha value is -1.05. The van der Waals surface area contributed by atoms with Crippen LogP contribution >= 0.6 is 0 Å². The summed E-state index contributed by atoms with van der Waals surface area (Å²) in [6.45, 7) is 8.54. The van der Waals surface area contributed by atoms with Crippen molar-refractivity contribution in [3.05, 3.63) is 23.8 Å². The number of ether oxygens (including phenoxy) is 1. The minimum Gasteiger partial charge on any atom is -0.466 e. The Bertz CT molecular complexity index is 381. The van der Waals surface area contributed by atoms with Crippen LogP contribution in [-0.4, -0.2) is 13.1 Å². The molecule has 0 bridgehead atoms. The molecule has 2 heteroatoms. The van der Waals surface area contributed by atoms with Crippen LogP contribution in [0.2, 0.25) is 0 Å². The van der Waals surface area contributed by atoms with E-state index in [0.29, 0.717) is 17.4 Å². The second-order valence-electron chi connectivity index (χ2n) is 5.97. The van der Waals surface area contributed by atoms with Crippen molar-refractivity contribution in [3.63, 3.8) is 0 Å². The van der Waals surface area contributed by atoms with Gasteiger partial charge in [-0.3, -0.25) is 0 Å². The molecule has 0 radical (unpaired) electrons. The van der Waals surface area contributed by atoms with Gasteiger partial charge in [0.2, 0.25) is 0 Å². The van der Waals surface area contributed by atoms with Gasteiger partial charge >= 0.3 is 5.97 Å². The molecule has 2 aliphatic rings. The van der Waals surface area contributed by atoms with Crippen molar-refractivity contribution in [3.8, 4) is 0 Å². The first-order valence-corrected chi connectivity index (χ1v) is 6.99. The van der Waals surface area contributed by atoms with Gasteiger partial charge < -0.3 is 4.74 Å². The van der Waals surface area contributed by atoms with Gasteiger partial charge in [0, 0.05) is 5.57 Å². The molecular formula is C16H24O2. The first-order valence-electron chi connectivity index (χ1n) is 6.99. The maximum absolute atomic E-state index is 11.7. The van der Waals surface area contributed by atoms with Gasteiger partial charge in [0.15, 0.2) is 0 Å². The minimum atomic E-state index is -0.232. The normalized spacial score (nSPS) is 35.4. The van der Waals surface area contributed by atoms with E-state index < -0.39 is 0 Å². The van der Waals surface area contributed by atoms with Gasteiger partial charge in [0.25, 0.3) is 0 Å². The van der Waals surface area contributed by atoms with Crippen LogP contribution in [0.1, 0.15) is 39.5 Å². The standard InChI is InChI=1S/C16H24O2/c1-10-5-7-13-11(2)6-8-14(15(13)9-10)12(3)16(17)18-4/h9,11,13-15H,3,5-8H2,1-2,4H3/t11-,13+,14-,15+/m0/s1. The third-order valence-electron chi connectivity index (χ3n) is 4.87. The molecule has 0 N–H and O–H groups in total. The Morgan fingerprint density at radius 2 is 2.11 bits per heavy atom. The van der Waals surface area contributed by atoms with Crippen LogP contribution in [0.5, 0.6) is 0 Å².